The Labute approximate surface area is 194 Å². The number of carbonyl (C=O) groups is 1. The van der Waals surface area contributed by atoms with Crippen LogP contribution in [0.3, 0.4) is 0 Å². The van der Waals surface area contributed by atoms with Gasteiger partial charge in [0.05, 0.1) is 18.3 Å². The molecule has 7 heteroatoms. The molecule has 0 heterocycles. The van der Waals surface area contributed by atoms with E-state index in [0.717, 1.165) is 12.8 Å². The Bertz CT molecular complexity index is 661. The molecule has 32 heavy (non-hydrogen) atoms. The summed E-state index contributed by atoms with van der Waals surface area (Å²) in [6.07, 6.45) is 2.45. The van der Waals surface area contributed by atoms with E-state index in [4.69, 9.17) is 15.2 Å². The van der Waals surface area contributed by atoms with E-state index < -0.39 is 6.10 Å². The van der Waals surface area contributed by atoms with Crippen molar-refractivity contribution in [3.05, 3.63) is 29.8 Å². The van der Waals surface area contributed by atoms with Crippen LogP contribution in [0.4, 0.5) is 0 Å². The van der Waals surface area contributed by atoms with Gasteiger partial charge in [0.2, 0.25) is 0 Å². The average molecular weight is 452 g/mol. The first-order valence-corrected chi connectivity index (χ1v) is 11.8. The van der Waals surface area contributed by atoms with Crippen molar-refractivity contribution >= 4 is 5.91 Å². The fourth-order valence-corrected chi connectivity index (χ4v) is 3.26. The van der Waals surface area contributed by atoms with Crippen LogP contribution in [0, 0.1) is 5.92 Å². The lowest BCUT2D eigenvalue weighted by Gasteiger charge is -2.28. The SMILES string of the molecule is COCCCCOc1ccccc1C(=O)NC(CC[C@H](N)[C@@H](O)CNC(C)(C)C)C(C)C. The highest BCUT2D eigenvalue weighted by Crippen LogP contribution is 2.20. The Hall–Kier alpha value is -1.67. The summed E-state index contributed by atoms with van der Waals surface area (Å²) in [5, 5.41) is 16.8. The average Bonchev–Trinajstić information content (AvgIpc) is 2.73. The van der Waals surface area contributed by atoms with E-state index in [1.165, 1.54) is 0 Å². The van der Waals surface area contributed by atoms with Crippen molar-refractivity contribution in [3.8, 4) is 5.75 Å². The standard InChI is InChI=1S/C25H45N3O4/c1-18(2)21(14-13-20(26)22(29)17-27-25(3,4)5)28-24(30)19-11-7-8-12-23(19)32-16-10-9-15-31-6/h7-8,11-12,18,20-22,27,29H,9-10,13-17,26H2,1-6H3,(H,28,30)/t20-,21?,22-/m0/s1. The molecule has 1 rings (SSSR count). The second kappa shape index (κ2) is 14.5. The third kappa shape index (κ3) is 11.3. The molecule has 0 aliphatic carbocycles. The van der Waals surface area contributed by atoms with Crippen LogP contribution >= 0.6 is 0 Å². The number of nitrogens with two attached hydrogens (primary N) is 1. The Morgan fingerprint density at radius 2 is 1.78 bits per heavy atom. The van der Waals surface area contributed by atoms with Crippen molar-refractivity contribution in [1.29, 1.82) is 0 Å². The molecule has 0 saturated heterocycles. The number of rotatable bonds is 15. The largest absolute Gasteiger partial charge is 0.493 e. The minimum absolute atomic E-state index is 0.0499. The zero-order valence-electron chi connectivity index (χ0n) is 20.8. The zero-order valence-corrected chi connectivity index (χ0v) is 20.8. The Balaban J connectivity index is 2.64. The fourth-order valence-electron chi connectivity index (χ4n) is 3.26. The van der Waals surface area contributed by atoms with Crippen LogP contribution in [0.15, 0.2) is 24.3 Å². The summed E-state index contributed by atoms with van der Waals surface area (Å²) in [5.41, 5.74) is 6.68. The van der Waals surface area contributed by atoms with E-state index >= 15 is 0 Å². The number of para-hydroxylation sites is 1. The fraction of sp³-hybridized carbons (Fsp3) is 0.720. The molecule has 0 bridgehead atoms. The number of hydrogen-bond acceptors (Lipinski definition) is 6. The van der Waals surface area contributed by atoms with Gasteiger partial charge in [-0.3, -0.25) is 4.79 Å². The van der Waals surface area contributed by atoms with E-state index in [1.807, 2.05) is 18.2 Å². The predicted molar refractivity (Wildman–Crippen MR) is 130 cm³/mol. The van der Waals surface area contributed by atoms with Gasteiger partial charge in [0.25, 0.3) is 5.91 Å². The van der Waals surface area contributed by atoms with Crippen LogP contribution in [0.1, 0.15) is 70.7 Å². The number of benzene rings is 1. The van der Waals surface area contributed by atoms with Crippen LogP contribution in [-0.4, -0.2) is 61.6 Å². The summed E-state index contributed by atoms with van der Waals surface area (Å²) in [4.78, 5) is 13.0. The molecule has 0 aliphatic heterocycles. The van der Waals surface area contributed by atoms with Gasteiger partial charge in [-0.1, -0.05) is 26.0 Å². The molecule has 5 N–H and O–H groups in total. The van der Waals surface area contributed by atoms with Gasteiger partial charge in [0, 0.05) is 37.9 Å². The van der Waals surface area contributed by atoms with Crippen molar-refractivity contribution in [2.75, 3.05) is 26.9 Å². The van der Waals surface area contributed by atoms with E-state index in [9.17, 15) is 9.90 Å². The molecule has 1 amide bonds. The maximum atomic E-state index is 13.0. The van der Waals surface area contributed by atoms with E-state index in [1.54, 1.807) is 13.2 Å². The number of aliphatic hydroxyl groups excluding tert-OH is 1. The Morgan fingerprint density at radius 1 is 1.12 bits per heavy atom. The first-order chi connectivity index (χ1) is 15.0. The molecule has 1 aromatic rings. The number of aliphatic hydroxyl groups is 1. The molecule has 1 unspecified atom stereocenters. The molecule has 184 valence electrons. The van der Waals surface area contributed by atoms with E-state index in [-0.39, 0.29) is 29.4 Å². The minimum Gasteiger partial charge on any atom is -0.493 e. The molecule has 0 spiro atoms. The quantitative estimate of drug-likeness (QED) is 0.305. The van der Waals surface area contributed by atoms with Crippen molar-refractivity contribution in [3.63, 3.8) is 0 Å². The van der Waals surface area contributed by atoms with Crippen molar-refractivity contribution in [2.24, 2.45) is 11.7 Å². The van der Waals surface area contributed by atoms with Crippen LogP contribution in [0.5, 0.6) is 5.75 Å². The Morgan fingerprint density at radius 3 is 2.41 bits per heavy atom. The van der Waals surface area contributed by atoms with Crippen LogP contribution < -0.4 is 21.1 Å². The van der Waals surface area contributed by atoms with Gasteiger partial charge >= 0.3 is 0 Å². The van der Waals surface area contributed by atoms with Gasteiger partial charge in [-0.05, 0) is 64.5 Å². The van der Waals surface area contributed by atoms with Crippen molar-refractivity contribution < 1.29 is 19.4 Å². The second-order valence-electron chi connectivity index (χ2n) is 9.81. The van der Waals surface area contributed by atoms with Crippen LogP contribution in [-0.2, 0) is 4.74 Å². The maximum absolute atomic E-state index is 13.0. The van der Waals surface area contributed by atoms with Crippen molar-refractivity contribution in [2.45, 2.75) is 84.0 Å². The van der Waals surface area contributed by atoms with Gasteiger partial charge < -0.3 is 30.9 Å². The minimum atomic E-state index is -0.634. The van der Waals surface area contributed by atoms with Gasteiger partial charge in [-0.25, -0.2) is 0 Å². The van der Waals surface area contributed by atoms with Crippen LogP contribution in [0.2, 0.25) is 0 Å². The van der Waals surface area contributed by atoms with Gasteiger partial charge in [0.1, 0.15) is 5.75 Å². The molecule has 3 atom stereocenters. The molecule has 7 nitrogen and oxygen atoms in total. The molecular weight excluding hydrogens is 406 g/mol. The molecule has 1 aromatic carbocycles. The number of unbranched alkanes of at least 4 members (excludes halogenated alkanes) is 1. The second-order valence-corrected chi connectivity index (χ2v) is 9.81. The number of hydrogen-bond donors (Lipinski definition) is 4. The smallest absolute Gasteiger partial charge is 0.255 e. The first-order valence-electron chi connectivity index (χ1n) is 11.8. The lowest BCUT2D eigenvalue weighted by atomic mass is 9.94. The summed E-state index contributed by atoms with van der Waals surface area (Å²) in [6, 6.07) is 6.91. The number of amides is 1. The summed E-state index contributed by atoms with van der Waals surface area (Å²) >= 11 is 0. The maximum Gasteiger partial charge on any atom is 0.255 e. The monoisotopic (exact) mass is 451 g/mol. The zero-order chi connectivity index (χ0) is 24.1. The van der Waals surface area contributed by atoms with Gasteiger partial charge in [-0.2, -0.15) is 0 Å². The van der Waals surface area contributed by atoms with Crippen molar-refractivity contribution in [1.82, 2.24) is 10.6 Å². The topological polar surface area (TPSA) is 106 Å². The van der Waals surface area contributed by atoms with Gasteiger partial charge in [-0.15, -0.1) is 0 Å². The third-order valence-corrected chi connectivity index (χ3v) is 5.40. The third-order valence-electron chi connectivity index (χ3n) is 5.40. The molecule has 0 fully saturated rings. The lowest BCUT2D eigenvalue weighted by molar-refractivity contribution is 0.0911. The summed E-state index contributed by atoms with van der Waals surface area (Å²) in [5.74, 6) is 0.670. The Kier molecular flexibility index (Phi) is 12.8. The summed E-state index contributed by atoms with van der Waals surface area (Å²) in [7, 11) is 1.68. The lowest BCUT2D eigenvalue weighted by Crippen LogP contribution is -2.48. The normalized spacial score (nSPS) is 14.8. The summed E-state index contributed by atoms with van der Waals surface area (Å²) in [6.45, 7) is 12.0. The number of methoxy groups -OCH3 is 1. The predicted octanol–water partition coefficient (Wildman–Crippen LogP) is 3.10. The number of carbonyl (C=O) groups excluding carboxylic acids is 1. The first kappa shape index (κ1) is 28.4. The molecule has 0 aliphatic rings. The highest BCUT2D eigenvalue weighted by atomic mass is 16.5. The number of β-amino-alcohol motifs (C(OH)–C–C–N with tert-alkyl or cyclic N) is 1. The number of nitrogens with one attached hydrogen (secondary N) is 2. The highest BCUT2D eigenvalue weighted by Gasteiger charge is 2.23. The van der Waals surface area contributed by atoms with Crippen LogP contribution in [0.25, 0.3) is 0 Å². The van der Waals surface area contributed by atoms with E-state index in [2.05, 4.69) is 45.3 Å². The van der Waals surface area contributed by atoms with E-state index in [0.29, 0.717) is 43.9 Å². The number of ether oxygens (including phenoxy) is 2. The molecule has 0 saturated carbocycles. The summed E-state index contributed by atoms with van der Waals surface area (Å²) < 4.78 is 10.9. The molecule has 0 radical (unpaired) electrons. The highest BCUT2D eigenvalue weighted by molar-refractivity contribution is 5.97. The van der Waals surface area contributed by atoms with Gasteiger partial charge in [0.15, 0.2) is 0 Å². The molecule has 0 aromatic heterocycles. The molecular formula is C25H45N3O4.